The molecule has 14 nitrogen and oxygen atoms in total. The minimum atomic E-state index is -1.25. The van der Waals surface area contributed by atoms with Gasteiger partial charge in [0.2, 0.25) is 11.8 Å². The van der Waals surface area contributed by atoms with Crippen LogP contribution in [0.5, 0.6) is 5.75 Å². The fraction of sp³-hybridized carbons (Fsp3) is 0.233. The zero-order valence-corrected chi connectivity index (χ0v) is 23.4. The van der Waals surface area contributed by atoms with Crippen LogP contribution < -0.4 is 20.7 Å². The highest BCUT2D eigenvalue weighted by molar-refractivity contribution is 5.90. The van der Waals surface area contributed by atoms with Crippen molar-refractivity contribution in [1.29, 1.82) is 0 Å². The van der Waals surface area contributed by atoms with E-state index in [0.717, 1.165) is 23.3 Å². The molecule has 0 unspecified atom stereocenters. The smallest absolute Gasteiger partial charge is 0.408 e. The number of ether oxygens (including phenoxy) is 3. The number of amides is 3. The number of hydrogen-bond donors (Lipinski definition) is 3. The quantitative estimate of drug-likeness (QED) is 0.100. The van der Waals surface area contributed by atoms with Crippen LogP contribution in [0.4, 0.5) is 10.5 Å². The second-order valence-corrected chi connectivity index (χ2v) is 9.16. The zero-order valence-electron chi connectivity index (χ0n) is 23.4. The monoisotopic (exact) mass is 606 g/mol. The van der Waals surface area contributed by atoms with Crippen LogP contribution in [-0.4, -0.2) is 53.9 Å². The average molecular weight is 607 g/mol. The molecule has 14 heteroatoms. The Kier molecular flexibility index (Phi) is 12.8. The SMILES string of the molecule is O=C(CNC(=O)[C@@H](CCC(=O)OCc1ccccc1)NC(=O)OCc1ccccc1)NCC(=O)Oc1ccc([N+](=O)[O-])cc1. The maximum atomic E-state index is 12.9. The number of nitrogens with one attached hydrogen (secondary N) is 3. The maximum Gasteiger partial charge on any atom is 0.408 e. The van der Waals surface area contributed by atoms with Crippen molar-refractivity contribution in [2.24, 2.45) is 0 Å². The summed E-state index contributed by atoms with van der Waals surface area (Å²) in [4.78, 5) is 71.9. The Morgan fingerprint density at radius 2 is 1.32 bits per heavy atom. The van der Waals surface area contributed by atoms with Crippen molar-refractivity contribution in [2.45, 2.75) is 32.1 Å². The Morgan fingerprint density at radius 3 is 1.91 bits per heavy atom. The molecule has 3 aromatic carbocycles. The predicted molar refractivity (Wildman–Crippen MR) is 154 cm³/mol. The van der Waals surface area contributed by atoms with Gasteiger partial charge in [-0.05, 0) is 29.7 Å². The number of alkyl carbamates (subject to hydrolysis) is 1. The third kappa shape index (κ3) is 12.0. The number of hydrogen-bond acceptors (Lipinski definition) is 10. The highest BCUT2D eigenvalue weighted by Crippen LogP contribution is 2.17. The molecule has 0 fully saturated rings. The number of rotatable bonds is 15. The first-order chi connectivity index (χ1) is 21.2. The summed E-state index contributed by atoms with van der Waals surface area (Å²) in [6.45, 7) is -1.12. The van der Waals surface area contributed by atoms with Crippen LogP contribution in [0.15, 0.2) is 84.9 Å². The van der Waals surface area contributed by atoms with Gasteiger partial charge in [-0.15, -0.1) is 0 Å². The molecular weight excluding hydrogens is 576 g/mol. The van der Waals surface area contributed by atoms with Gasteiger partial charge >= 0.3 is 18.0 Å². The second kappa shape index (κ2) is 17.2. The summed E-state index contributed by atoms with van der Waals surface area (Å²) in [5.41, 5.74) is 1.31. The third-order valence-corrected chi connectivity index (χ3v) is 5.83. The molecule has 230 valence electrons. The normalized spacial score (nSPS) is 10.9. The molecule has 0 spiro atoms. The molecule has 3 amide bonds. The molecule has 0 heterocycles. The minimum absolute atomic E-state index is 0.0376. The van der Waals surface area contributed by atoms with Crippen molar-refractivity contribution in [3.63, 3.8) is 0 Å². The second-order valence-electron chi connectivity index (χ2n) is 9.16. The highest BCUT2D eigenvalue weighted by atomic mass is 16.6. The van der Waals surface area contributed by atoms with Crippen LogP contribution in [0.1, 0.15) is 24.0 Å². The lowest BCUT2D eigenvalue weighted by atomic mass is 10.1. The van der Waals surface area contributed by atoms with Gasteiger partial charge in [0, 0.05) is 18.6 Å². The summed E-state index contributed by atoms with van der Waals surface area (Å²) in [6.07, 6.45) is -1.28. The first-order valence-electron chi connectivity index (χ1n) is 13.4. The van der Waals surface area contributed by atoms with E-state index in [-0.39, 0.29) is 37.5 Å². The van der Waals surface area contributed by atoms with Gasteiger partial charge in [-0.3, -0.25) is 24.5 Å². The van der Waals surface area contributed by atoms with E-state index in [1.807, 2.05) is 6.07 Å². The van der Waals surface area contributed by atoms with E-state index in [1.54, 1.807) is 54.6 Å². The van der Waals surface area contributed by atoms with Crippen LogP contribution in [0.25, 0.3) is 0 Å². The standard InChI is InChI=1S/C30H30N4O10/c35-26(31-18-28(37)44-24-13-11-23(12-14-24)34(40)41)17-32-29(38)25(33-30(39)43-20-22-9-5-2-6-10-22)15-16-27(36)42-19-21-7-3-1-4-8-21/h1-14,25H,15-20H2,(H,31,35)(H,32,38)(H,33,39)/t25-/m1/s1. The van der Waals surface area contributed by atoms with Gasteiger partial charge in [0.15, 0.2) is 0 Å². The molecule has 3 N–H and O–H groups in total. The van der Waals surface area contributed by atoms with Crippen molar-refractivity contribution in [3.8, 4) is 5.75 Å². The molecule has 44 heavy (non-hydrogen) atoms. The lowest BCUT2D eigenvalue weighted by Crippen LogP contribution is -2.49. The molecule has 1 atom stereocenters. The number of nitrogens with zero attached hydrogens (tertiary/aromatic N) is 1. The maximum absolute atomic E-state index is 12.9. The Bertz CT molecular complexity index is 1430. The van der Waals surface area contributed by atoms with Crippen molar-refractivity contribution in [2.75, 3.05) is 13.1 Å². The van der Waals surface area contributed by atoms with Gasteiger partial charge in [0.1, 0.15) is 31.5 Å². The first kappa shape index (κ1) is 32.7. The number of carbonyl (C=O) groups is 5. The minimum Gasteiger partial charge on any atom is -0.461 e. The summed E-state index contributed by atoms with van der Waals surface area (Å²) in [5, 5.41) is 17.7. The van der Waals surface area contributed by atoms with E-state index in [4.69, 9.17) is 14.2 Å². The van der Waals surface area contributed by atoms with Crippen molar-refractivity contribution in [3.05, 3.63) is 106 Å². The molecule has 0 aliphatic rings. The zero-order chi connectivity index (χ0) is 31.7. The van der Waals surface area contributed by atoms with Crippen molar-refractivity contribution in [1.82, 2.24) is 16.0 Å². The Morgan fingerprint density at radius 1 is 0.727 bits per heavy atom. The van der Waals surface area contributed by atoms with Crippen LogP contribution >= 0.6 is 0 Å². The summed E-state index contributed by atoms with van der Waals surface area (Å²) in [7, 11) is 0. The summed E-state index contributed by atoms with van der Waals surface area (Å²) >= 11 is 0. The molecule has 0 aromatic heterocycles. The molecule has 0 aliphatic carbocycles. The number of non-ortho nitro benzene ring substituents is 1. The Hall–Kier alpha value is -5.79. The van der Waals surface area contributed by atoms with E-state index < -0.39 is 53.9 Å². The average Bonchev–Trinajstić information content (AvgIpc) is 3.03. The highest BCUT2D eigenvalue weighted by Gasteiger charge is 2.24. The van der Waals surface area contributed by atoms with E-state index in [9.17, 15) is 34.1 Å². The molecule has 0 saturated carbocycles. The van der Waals surface area contributed by atoms with E-state index in [2.05, 4.69) is 16.0 Å². The number of carbonyl (C=O) groups excluding carboxylic acids is 5. The van der Waals surface area contributed by atoms with Crippen LogP contribution in [0.2, 0.25) is 0 Å². The molecule has 0 bridgehead atoms. The fourth-order valence-electron chi connectivity index (χ4n) is 3.58. The Balaban J connectivity index is 1.47. The molecular formula is C30H30N4O10. The van der Waals surface area contributed by atoms with Crippen LogP contribution in [0.3, 0.4) is 0 Å². The lowest BCUT2D eigenvalue weighted by Gasteiger charge is -2.18. The molecule has 0 saturated heterocycles. The van der Waals surface area contributed by atoms with E-state index >= 15 is 0 Å². The van der Waals surface area contributed by atoms with Gasteiger partial charge in [-0.25, -0.2) is 9.59 Å². The summed E-state index contributed by atoms with van der Waals surface area (Å²) in [6, 6.07) is 21.4. The molecule has 0 aliphatic heterocycles. The predicted octanol–water partition coefficient (Wildman–Crippen LogP) is 2.55. The molecule has 3 aromatic rings. The van der Waals surface area contributed by atoms with Crippen LogP contribution in [-0.2, 0) is 41.9 Å². The van der Waals surface area contributed by atoms with Crippen LogP contribution in [0, 0.1) is 10.1 Å². The topological polar surface area (TPSA) is 192 Å². The van der Waals surface area contributed by atoms with Gasteiger partial charge < -0.3 is 30.2 Å². The van der Waals surface area contributed by atoms with Gasteiger partial charge in [0.25, 0.3) is 5.69 Å². The van der Waals surface area contributed by atoms with Crippen molar-refractivity contribution < 1.29 is 43.1 Å². The van der Waals surface area contributed by atoms with Gasteiger partial charge in [-0.1, -0.05) is 60.7 Å². The summed E-state index contributed by atoms with van der Waals surface area (Å²) < 4.78 is 15.4. The fourth-order valence-corrected chi connectivity index (χ4v) is 3.58. The van der Waals surface area contributed by atoms with Gasteiger partial charge in [-0.2, -0.15) is 0 Å². The first-order valence-corrected chi connectivity index (χ1v) is 13.4. The third-order valence-electron chi connectivity index (χ3n) is 5.83. The van der Waals surface area contributed by atoms with Crippen molar-refractivity contribution >= 4 is 35.5 Å². The van der Waals surface area contributed by atoms with E-state index in [1.165, 1.54) is 12.1 Å². The number of benzene rings is 3. The molecule has 3 rings (SSSR count). The Labute approximate surface area is 251 Å². The number of nitro benzene ring substituents is 1. The summed E-state index contributed by atoms with van der Waals surface area (Å²) in [5.74, 6) is -2.94. The number of nitro groups is 1. The molecule has 0 radical (unpaired) electrons. The van der Waals surface area contributed by atoms with Gasteiger partial charge in [0.05, 0.1) is 11.5 Å². The lowest BCUT2D eigenvalue weighted by molar-refractivity contribution is -0.384. The largest absolute Gasteiger partial charge is 0.461 e. The number of esters is 2. The van der Waals surface area contributed by atoms with E-state index in [0.29, 0.717) is 0 Å².